The van der Waals surface area contributed by atoms with E-state index < -0.39 is 18.1 Å². The number of carboxylic acids is 1. The zero-order valence-corrected chi connectivity index (χ0v) is 12.2. The Hall–Kier alpha value is -2.08. The molecular weight excluding hydrogens is 274 g/mol. The van der Waals surface area contributed by atoms with Crippen molar-refractivity contribution in [1.82, 2.24) is 5.32 Å². The van der Waals surface area contributed by atoms with Crippen molar-refractivity contribution < 1.29 is 24.2 Å². The molecule has 6 nitrogen and oxygen atoms in total. The SMILES string of the molecule is CCC(CC(NC(=O)OCc1ccccc1)C(=O)O)OC. The molecule has 1 aromatic rings. The summed E-state index contributed by atoms with van der Waals surface area (Å²) in [4.78, 5) is 22.8. The second kappa shape index (κ2) is 8.97. The molecule has 21 heavy (non-hydrogen) atoms. The Kier molecular flexibility index (Phi) is 7.25. The average Bonchev–Trinajstić information content (AvgIpc) is 2.50. The molecule has 0 bridgehead atoms. The minimum absolute atomic E-state index is 0.0977. The second-order valence-corrected chi connectivity index (χ2v) is 4.60. The number of carbonyl (C=O) groups is 2. The van der Waals surface area contributed by atoms with Crippen LogP contribution in [0.15, 0.2) is 30.3 Å². The monoisotopic (exact) mass is 295 g/mol. The van der Waals surface area contributed by atoms with Gasteiger partial charge in [-0.2, -0.15) is 0 Å². The van der Waals surface area contributed by atoms with Crippen LogP contribution in [0.25, 0.3) is 0 Å². The number of ether oxygens (including phenoxy) is 2. The third kappa shape index (κ3) is 6.27. The molecule has 2 N–H and O–H groups in total. The van der Waals surface area contributed by atoms with Gasteiger partial charge < -0.3 is 19.9 Å². The predicted molar refractivity (Wildman–Crippen MR) is 76.9 cm³/mol. The van der Waals surface area contributed by atoms with Crippen LogP contribution in [0, 0.1) is 0 Å². The number of hydrogen-bond acceptors (Lipinski definition) is 4. The molecule has 1 amide bonds. The highest BCUT2D eigenvalue weighted by atomic mass is 16.5. The molecule has 0 saturated carbocycles. The number of hydrogen-bond donors (Lipinski definition) is 2. The molecule has 0 saturated heterocycles. The van der Waals surface area contributed by atoms with E-state index in [0.29, 0.717) is 6.42 Å². The molecule has 116 valence electrons. The molecule has 0 aliphatic rings. The number of rotatable bonds is 8. The summed E-state index contributed by atoms with van der Waals surface area (Å²) in [5.74, 6) is -1.11. The number of nitrogens with one attached hydrogen (secondary N) is 1. The van der Waals surface area contributed by atoms with Crippen LogP contribution < -0.4 is 5.32 Å². The van der Waals surface area contributed by atoms with E-state index >= 15 is 0 Å². The summed E-state index contributed by atoms with van der Waals surface area (Å²) >= 11 is 0. The Balaban J connectivity index is 2.47. The molecule has 0 aromatic heterocycles. The molecule has 0 aliphatic heterocycles. The second-order valence-electron chi connectivity index (χ2n) is 4.60. The van der Waals surface area contributed by atoms with Crippen LogP contribution >= 0.6 is 0 Å². The Morgan fingerprint density at radius 1 is 1.29 bits per heavy atom. The lowest BCUT2D eigenvalue weighted by Crippen LogP contribution is -2.43. The van der Waals surface area contributed by atoms with Crippen LogP contribution in [0.3, 0.4) is 0 Å². The first-order valence-electron chi connectivity index (χ1n) is 6.79. The molecule has 0 spiro atoms. The van der Waals surface area contributed by atoms with Gasteiger partial charge >= 0.3 is 12.1 Å². The van der Waals surface area contributed by atoms with Gasteiger partial charge in [-0.15, -0.1) is 0 Å². The Labute approximate surface area is 124 Å². The maximum absolute atomic E-state index is 11.7. The number of aliphatic carboxylic acids is 1. The van der Waals surface area contributed by atoms with E-state index in [2.05, 4.69) is 5.32 Å². The molecule has 0 heterocycles. The molecule has 2 unspecified atom stereocenters. The van der Waals surface area contributed by atoms with E-state index in [1.165, 1.54) is 7.11 Å². The molecule has 0 radical (unpaired) electrons. The summed E-state index contributed by atoms with van der Waals surface area (Å²) in [7, 11) is 1.51. The highest BCUT2D eigenvalue weighted by Gasteiger charge is 2.24. The van der Waals surface area contributed by atoms with Gasteiger partial charge in [0.05, 0.1) is 6.10 Å². The number of amides is 1. The number of benzene rings is 1. The van der Waals surface area contributed by atoms with Gasteiger partial charge in [0.15, 0.2) is 0 Å². The maximum Gasteiger partial charge on any atom is 0.408 e. The van der Waals surface area contributed by atoms with Crippen molar-refractivity contribution in [3.05, 3.63) is 35.9 Å². The summed E-state index contributed by atoms with van der Waals surface area (Å²) in [5, 5.41) is 11.5. The van der Waals surface area contributed by atoms with E-state index in [1.807, 2.05) is 37.3 Å². The number of methoxy groups -OCH3 is 1. The lowest BCUT2D eigenvalue weighted by molar-refractivity contribution is -0.140. The van der Waals surface area contributed by atoms with Crippen molar-refractivity contribution in [1.29, 1.82) is 0 Å². The van der Waals surface area contributed by atoms with Crippen LogP contribution in [0.2, 0.25) is 0 Å². The molecule has 1 rings (SSSR count). The molecule has 2 atom stereocenters. The lowest BCUT2D eigenvalue weighted by Gasteiger charge is -2.19. The molecule has 0 aliphatic carbocycles. The van der Waals surface area contributed by atoms with Crippen molar-refractivity contribution in [2.75, 3.05) is 7.11 Å². The standard InChI is InChI=1S/C15H21NO5/c1-3-12(20-2)9-13(14(17)18)16-15(19)21-10-11-7-5-4-6-8-11/h4-8,12-13H,3,9-10H2,1-2H3,(H,16,19)(H,17,18). The van der Waals surface area contributed by atoms with E-state index in [-0.39, 0.29) is 19.1 Å². The van der Waals surface area contributed by atoms with Gasteiger partial charge in [0, 0.05) is 13.5 Å². The fourth-order valence-corrected chi connectivity index (χ4v) is 1.82. The lowest BCUT2D eigenvalue weighted by atomic mass is 10.1. The van der Waals surface area contributed by atoms with E-state index in [0.717, 1.165) is 5.56 Å². The quantitative estimate of drug-likeness (QED) is 0.768. The third-order valence-corrected chi connectivity index (χ3v) is 3.09. The van der Waals surface area contributed by atoms with Crippen molar-refractivity contribution in [2.45, 2.75) is 38.5 Å². The first-order chi connectivity index (χ1) is 10.1. The van der Waals surface area contributed by atoms with Crippen LogP contribution in [0.5, 0.6) is 0 Å². The van der Waals surface area contributed by atoms with Crippen molar-refractivity contribution >= 4 is 12.1 Å². The van der Waals surface area contributed by atoms with E-state index in [9.17, 15) is 9.59 Å². The van der Waals surface area contributed by atoms with Gasteiger partial charge in [-0.05, 0) is 12.0 Å². The normalized spacial score (nSPS) is 13.2. The van der Waals surface area contributed by atoms with Gasteiger partial charge in [0.1, 0.15) is 12.6 Å². The van der Waals surface area contributed by atoms with Gasteiger partial charge in [0.2, 0.25) is 0 Å². The summed E-state index contributed by atoms with van der Waals surface area (Å²) in [6, 6.07) is 8.14. The fourth-order valence-electron chi connectivity index (χ4n) is 1.82. The van der Waals surface area contributed by atoms with Gasteiger partial charge in [-0.3, -0.25) is 0 Å². The van der Waals surface area contributed by atoms with Crippen LogP contribution in [-0.2, 0) is 20.9 Å². The van der Waals surface area contributed by atoms with Crippen LogP contribution in [0.1, 0.15) is 25.3 Å². The molecule has 1 aromatic carbocycles. The first-order valence-corrected chi connectivity index (χ1v) is 6.79. The Morgan fingerprint density at radius 3 is 2.48 bits per heavy atom. The highest BCUT2D eigenvalue weighted by molar-refractivity contribution is 5.79. The van der Waals surface area contributed by atoms with E-state index in [4.69, 9.17) is 14.6 Å². The Morgan fingerprint density at radius 2 is 1.95 bits per heavy atom. The van der Waals surface area contributed by atoms with Crippen molar-refractivity contribution in [3.8, 4) is 0 Å². The van der Waals surface area contributed by atoms with Gasteiger partial charge in [0.25, 0.3) is 0 Å². The summed E-state index contributed by atoms with van der Waals surface area (Å²) in [6.45, 7) is 1.99. The summed E-state index contributed by atoms with van der Waals surface area (Å²) in [6.07, 6.45) is -0.109. The topological polar surface area (TPSA) is 84.9 Å². The first kappa shape index (κ1) is 17.0. The Bertz CT molecular complexity index is 445. The van der Waals surface area contributed by atoms with Crippen molar-refractivity contribution in [3.63, 3.8) is 0 Å². The molecular formula is C15H21NO5. The number of alkyl carbamates (subject to hydrolysis) is 1. The zero-order chi connectivity index (χ0) is 15.7. The number of carbonyl (C=O) groups excluding carboxylic acids is 1. The van der Waals surface area contributed by atoms with E-state index in [1.54, 1.807) is 0 Å². The van der Waals surface area contributed by atoms with Gasteiger partial charge in [-0.1, -0.05) is 37.3 Å². The summed E-state index contributed by atoms with van der Waals surface area (Å²) in [5.41, 5.74) is 0.836. The largest absolute Gasteiger partial charge is 0.480 e. The fraction of sp³-hybridized carbons (Fsp3) is 0.467. The molecule has 6 heteroatoms. The number of carboxylic acid groups (broad SMARTS) is 1. The van der Waals surface area contributed by atoms with Crippen LogP contribution in [0.4, 0.5) is 4.79 Å². The maximum atomic E-state index is 11.7. The average molecular weight is 295 g/mol. The highest BCUT2D eigenvalue weighted by Crippen LogP contribution is 2.07. The minimum atomic E-state index is -1.11. The van der Waals surface area contributed by atoms with Crippen LogP contribution in [-0.4, -0.2) is 36.4 Å². The summed E-state index contributed by atoms with van der Waals surface area (Å²) < 4.78 is 10.1. The molecule has 0 fully saturated rings. The third-order valence-electron chi connectivity index (χ3n) is 3.09. The predicted octanol–water partition coefficient (Wildman–Crippen LogP) is 2.18. The minimum Gasteiger partial charge on any atom is -0.480 e. The van der Waals surface area contributed by atoms with Gasteiger partial charge in [-0.25, -0.2) is 9.59 Å². The zero-order valence-electron chi connectivity index (χ0n) is 12.2. The van der Waals surface area contributed by atoms with Crippen molar-refractivity contribution in [2.24, 2.45) is 0 Å². The smallest absolute Gasteiger partial charge is 0.408 e.